The van der Waals surface area contributed by atoms with Gasteiger partial charge in [0.25, 0.3) is 0 Å². The zero-order valence-electron chi connectivity index (χ0n) is 17.7. The summed E-state index contributed by atoms with van der Waals surface area (Å²) in [6.07, 6.45) is 2.42. The van der Waals surface area contributed by atoms with Gasteiger partial charge in [-0.3, -0.25) is 0 Å². The van der Waals surface area contributed by atoms with Gasteiger partial charge in [-0.2, -0.15) is 10.0 Å². The van der Waals surface area contributed by atoms with E-state index in [1.807, 2.05) is 0 Å². The number of fused-ring (bicyclic) bond motifs is 3. The Labute approximate surface area is 175 Å². The van der Waals surface area contributed by atoms with Crippen LogP contribution in [0.5, 0.6) is 0 Å². The molecular weight excluding hydrogens is 375 g/mol. The molecule has 0 saturated carbocycles. The molecule has 3 aromatic carbocycles. The van der Waals surface area contributed by atoms with Crippen LogP contribution in [0.3, 0.4) is 0 Å². The number of rotatable bonds is 2. The molecule has 5 rings (SSSR count). The zero-order valence-corrected chi connectivity index (χ0v) is 18.5. The monoisotopic (exact) mass is 402 g/mol. The summed E-state index contributed by atoms with van der Waals surface area (Å²) in [5, 5.41) is 0. The molecule has 0 aliphatic carbocycles. The van der Waals surface area contributed by atoms with Crippen LogP contribution in [0.2, 0.25) is 0 Å². The van der Waals surface area contributed by atoms with Crippen molar-refractivity contribution < 1.29 is 9.31 Å². The Hall–Kier alpha value is -2.01. The number of hydrogen-bond acceptors (Lipinski definition) is 2. The lowest BCUT2D eigenvalue weighted by Crippen LogP contribution is -2.41. The number of hydrogen-bond donors (Lipinski definition) is 0. The summed E-state index contributed by atoms with van der Waals surface area (Å²) >= 11 is 0. The fraction of sp³-hybridized carbons (Fsp3) is 0.280. The van der Waals surface area contributed by atoms with Gasteiger partial charge in [0, 0.05) is 9.79 Å². The second-order valence-corrected chi connectivity index (χ2v) is 12.3. The molecule has 0 spiro atoms. The van der Waals surface area contributed by atoms with Gasteiger partial charge in [0.1, 0.15) is 0 Å². The Morgan fingerprint density at radius 2 is 1.28 bits per heavy atom. The van der Waals surface area contributed by atoms with E-state index in [1.54, 1.807) is 0 Å². The highest BCUT2D eigenvalue weighted by atomic mass is 32.3. The van der Waals surface area contributed by atoms with E-state index in [0.29, 0.717) is 0 Å². The van der Waals surface area contributed by atoms with E-state index in [9.17, 15) is 0 Å². The second-order valence-electron chi connectivity index (χ2n) is 9.07. The summed E-state index contributed by atoms with van der Waals surface area (Å²) in [5.41, 5.74) is 3.11. The van der Waals surface area contributed by atoms with Crippen molar-refractivity contribution in [3.05, 3.63) is 72.8 Å². The molecule has 3 aromatic rings. The third kappa shape index (κ3) is 2.66. The Bertz CT molecular complexity index is 1080. The van der Waals surface area contributed by atoms with Crippen molar-refractivity contribution in [2.24, 2.45) is 0 Å². The summed E-state index contributed by atoms with van der Waals surface area (Å²) in [6, 6.07) is 26.5. The summed E-state index contributed by atoms with van der Waals surface area (Å²) in [4.78, 5) is 4.22. The maximum atomic E-state index is 6.35. The Morgan fingerprint density at radius 1 is 0.690 bits per heavy atom. The Kier molecular flexibility index (Phi) is 4.09. The van der Waals surface area contributed by atoms with Crippen molar-refractivity contribution >= 4 is 22.6 Å². The molecule has 0 aromatic heterocycles. The topological polar surface area (TPSA) is 18.5 Å². The van der Waals surface area contributed by atoms with Crippen LogP contribution in [0.15, 0.2) is 87.5 Å². The molecule has 2 heterocycles. The first kappa shape index (κ1) is 19.0. The van der Waals surface area contributed by atoms with Gasteiger partial charge in [0.15, 0.2) is 0 Å². The average Bonchev–Trinajstić information content (AvgIpc) is 3.10. The highest BCUT2D eigenvalue weighted by Crippen LogP contribution is 2.73. The molecule has 0 amide bonds. The van der Waals surface area contributed by atoms with Crippen molar-refractivity contribution in [2.75, 3.05) is 6.26 Å². The zero-order chi connectivity index (χ0) is 20.4. The maximum Gasteiger partial charge on any atom is 0.494 e. The van der Waals surface area contributed by atoms with E-state index in [4.69, 9.17) is 9.31 Å². The predicted molar refractivity (Wildman–Crippen MR) is 122 cm³/mol. The van der Waals surface area contributed by atoms with Gasteiger partial charge in [0.2, 0.25) is 0 Å². The van der Waals surface area contributed by atoms with Gasteiger partial charge in [0.05, 0.1) is 11.2 Å². The van der Waals surface area contributed by atoms with E-state index in [1.165, 1.54) is 25.8 Å². The molecule has 1 atom stereocenters. The second kappa shape index (κ2) is 6.25. The van der Waals surface area contributed by atoms with Gasteiger partial charge in [-0.05, 0) is 79.7 Å². The van der Waals surface area contributed by atoms with Crippen LogP contribution in [0.1, 0.15) is 27.7 Å². The number of benzene rings is 3. The minimum absolute atomic E-state index is 0.338. The molecule has 1 fully saturated rings. The average molecular weight is 402 g/mol. The van der Waals surface area contributed by atoms with Crippen LogP contribution >= 0.6 is 10.0 Å². The lowest BCUT2D eigenvalue weighted by Gasteiger charge is -2.34. The standard InChI is InChI=1S/C25H27BO2S/c1-24(2)25(3,4)28-26(27-24)18-15-16-21-20-13-9-10-14-22(20)29(5,23(21)17-18)19-11-7-6-8-12-19/h6-17H,1-5H3. The van der Waals surface area contributed by atoms with Crippen LogP contribution in [0.25, 0.3) is 11.1 Å². The smallest absolute Gasteiger partial charge is 0.399 e. The van der Waals surface area contributed by atoms with Crippen LogP contribution < -0.4 is 5.46 Å². The lowest BCUT2D eigenvalue weighted by atomic mass is 9.78. The molecule has 0 N–H and O–H groups in total. The van der Waals surface area contributed by atoms with Crippen molar-refractivity contribution in [3.8, 4) is 11.1 Å². The highest BCUT2D eigenvalue weighted by Gasteiger charge is 2.52. The maximum absolute atomic E-state index is 6.35. The molecule has 1 saturated heterocycles. The Morgan fingerprint density at radius 3 is 1.97 bits per heavy atom. The van der Waals surface area contributed by atoms with Crippen LogP contribution in [0.4, 0.5) is 0 Å². The van der Waals surface area contributed by atoms with Gasteiger partial charge in [-0.1, -0.05) is 48.5 Å². The van der Waals surface area contributed by atoms with Crippen molar-refractivity contribution in [1.82, 2.24) is 0 Å². The minimum atomic E-state index is -1.32. The molecule has 0 radical (unpaired) electrons. The first-order chi connectivity index (χ1) is 13.7. The van der Waals surface area contributed by atoms with E-state index >= 15 is 0 Å². The lowest BCUT2D eigenvalue weighted by molar-refractivity contribution is 0.00578. The minimum Gasteiger partial charge on any atom is -0.399 e. The molecule has 29 heavy (non-hydrogen) atoms. The molecular formula is C25H27BO2S. The van der Waals surface area contributed by atoms with E-state index < -0.39 is 10.0 Å². The van der Waals surface area contributed by atoms with Crippen LogP contribution in [0, 0.1) is 0 Å². The fourth-order valence-electron chi connectivity index (χ4n) is 4.34. The van der Waals surface area contributed by atoms with Gasteiger partial charge in [-0.25, -0.2) is 0 Å². The Balaban J connectivity index is 1.68. The highest BCUT2D eigenvalue weighted by molar-refractivity contribution is 8.33. The van der Waals surface area contributed by atoms with Crippen LogP contribution in [-0.2, 0) is 9.31 Å². The SMILES string of the molecule is CC1(C)OB(c2ccc3c(c2)S(C)(c2ccccc2)c2ccccc2-3)OC1(C)C. The molecule has 2 aliphatic heterocycles. The molecule has 2 aliphatic rings. The van der Waals surface area contributed by atoms with Gasteiger partial charge >= 0.3 is 7.12 Å². The first-order valence-electron chi connectivity index (χ1n) is 10.2. The molecule has 148 valence electrons. The largest absolute Gasteiger partial charge is 0.494 e. The van der Waals surface area contributed by atoms with E-state index in [0.717, 1.165) is 5.46 Å². The van der Waals surface area contributed by atoms with Crippen molar-refractivity contribution in [2.45, 2.75) is 53.6 Å². The summed E-state index contributed by atoms with van der Waals surface area (Å²) < 4.78 is 12.7. The summed E-state index contributed by atoms with van der Waals surface area (Å²) in [7, 11) is -1.66. The molecule has 1 unspecified atom stereocenters. The normalized spacial score (nSPS) is 25.9. The van der Waals surface area contributed by atoms with E-state index in [2.05, 4.69) is 107 Å². The van der Waals surface area contributed by atoms with Crippen LogP contribution in [-0.4, -0.2) is 24.6 Å². The van der Waals surface area contributed by atoms with Gasteiger partial charge < -0.3 is 9.31 Å². The van der Waals surface area contributed by atoms with Crippen molar-refractivity contribution in [3.63, 3.8) is 0 Å². The third-order valence-electron chi connectivity index (χ3n) is 6.80. The fourth-order valence-corrected chi connectivity index (χ4v) is 7.74. The first-order valence-corrected chi connectivity index (χ1v) is 12.2. The molecule has 4 heteroatoms. The van der Waals surface area contributed by atoms with Crippen molar-refractivity contribution in [1.29, 1.82) is 0 Å². The molecule has 0 bridgehead atoms. The summed E-state index contributed by atoms with van der Waals surface area (Å²) in [6.45, 7) is 8.43. The summed E-state index contributed by atoms with van der Waals surface area (Å²) in [5.74, 6) is 0. The quantitative estimate of drug-likeness (QED) is 0.499. The molecule has 2 nitrogen and oxygen atoms in total. The van der Waals surface area contributed by atoms with E-state index in [-0.39, 0.29) is 18.3 Å². The predicted octanol–water partition coefficient (Wildman–Crippen LogP) is 5.88. The van der Waals surface area contributed by atoms with Gasteiger partial charge in [-0.15, -0.1) is 0 Å². The third-order valence-corrected chi connectivity index (χ3v) is 10.5.